The first-order chi connectivity index (χ1) is 6.81. The fourth-order valence-corrected chi connectivity index (χ4v) is 2.13. The summed E-state index contributed by atoms with van der Waals surface area (Å²) < 4.78 is 6.76. The Morgan fingerprint density at radius 2 is 2.57 bits per heavy atom. The van der Waals surface area contributed by atoms with Crippen LogP contribution in [0.2, 0.25) is 0 Å². The molecule has 2 rings (SSSR count). The summed E-state index contributed by atoms with van der Waals surface area (Å²) in [5.74, 6) is 0.883. The average molecular weight is 215 g/mol. The first-order valence-corrected chi connectivity index (χ1v) is 5.69. The molecule has 0 amide bonds. The van der Waals surface area contributed by atoms with Crippen molar-refractivity contribution in [3.05, 3.63) is 10.5 Å². The van der Waals surface area contributed by atoms with Crippen LogP contribution >= 0.6 is 11.8 Å². The third-order valence-corrected chi connectivity index (χ3v) is 3.08. The van der Waals surface area contributed by atoms with Crippen LogP contribution in [0.1, 0.15) is 13.3 Å². The number of thioether (sulfide) groups is 1. The van der Waals surface area contributed by atoms with Crippen molar-refractivity contribution in [3.8, 4) is 0 Å². The largest absolute Gasteiger partial charge is 0.372 e. The van der Waals surface area contributed by atoms with Crippen LogP contribution in [0.4, 0.5) is 0 Å². The molecule has 1 atom stereocenters. The molecule has 78 valence electrons. The van der Waals surface area contributed by atoms with Gasteiger partial charge in [0.2, 0.25) is 0 Å². The Labute approximate surface area is 85.8 Å². The lowest BCUT2D eigenvalue weighted by molar-refractivity contribution is 0.426. The van der Waals surface area contributed by atoms with Crippen LogP contribution in [0.3, 0.4) is 0 Å². The topological polar surface area (TPSA) is 63.2 Å². The smallest absolute Gasteiger partial charge is 0.343 e. The Morgan fingerprint density at radius 1 is 1.79 bits per heavy atom. The lowest BCUT2D eigenvalue weighted by Crippen LogP contribution is -2.17. The molecular weight excluding hydrogens is 202 g/mol. The Morgan fingerprint density at radius 3 is 3.21 bits per heavy atom. The van der Waals surface area contributed by atoms with Gasteiger partial charge in [-0.05, 0) is 6.42 Å². The molecule has 1 unspecified atom stereocenters. The van der Waals surface area contributed by atoms with Crippen LogP contribution in [0, 0.1) is 0 Å². The fraction of sp³-hybridized carbons (Fsp3) is 0.750. The number of epoxide rings is 1. The lowest BCUT2D eigenvalue weighted by atomic mass is 10.5. The van der Waals surface area contributed by atoms with Crippen molar-refractivity contribution in [2.24, 2.45) is 0 Å². The minimum absolute atomic E-state index is 0.119. The number of hydrogen-bond donors (Lipinski definition) is 1. The molecule has 1 fully saturated rings. The van der Waals surface area contributed by atoms with Gasteiger partial charge in [-0.15, -0.1) is 5.10 Å². The molecule has 0 spiro atoms. The van der Waals surface area contributed by atoms with Crippen molar-refractivity contribution in [1.29, 1.82) is 0 Å². The fourth-order valence-electron chi connectivity index (χ4n) is 1.17. The number of aromatic amines is 1. The quantitative estimate of drug-likeness (QED) is 0.573. The van der Waals surface area contributed by atoms with Gasteiger partial charge in [-0.2, -0.15) is 0 Å². The van der Waals surface area contributed by atoms with E-state index in [0.717, 1.165) is 30.5 Å². The van der Waals surface area contributed by atoms with E-state index in [0.29, 0.717) is 6.10 Å². The van der Waals surface area contributed by atoms with Gasteiger partial charge in [-0.25, -0.2) is 9.89 Å². The molecule has 6 heteroatoms. The molecule has 1 aromatic rings. The number of nitrogens with one attached hydrogen (secondary N) is 1. The molecule has 2 heterocycles. The zero-order chi connectivity index (χ0) is 9.97. The maximum atomic E-state index is 11.3. The Hall–Kier alpha value is -0.750. The van der Waals surface area contributed by atoms with Crippen molar-refractivity contribution >= 4 is 11.8 Å². The summed E-state index contributed by atoms with van der Waals surface area (Å²) >= 11 is 1.57. The van der Waals surface area contributed by atoms with E-state index < -0.39 is 0 Å². The second kappa shape index (κ2) is 4.18. The highest BCUT2D eigenvalue weighted by Crippen LogP contribution is 2.21. The van der Waals surface area contributed by atoms with Gasteiger partial charge in [0.1, 0.15) is 0 Å². The molecule has 1 saturated heterocycles. The summed E-state index contributed by atoms with van der Waals surface area (Å²) in [5, 5.41) is 7.20. The van der Waals surface area contributed by atoms with Gasteiger partial charge >= 0.3 is 5.69 Å². The summed E-state index contributed by atoms with van der Waals surface area (Å²) in [5.41, 5.74) is -0.119. The molecule has 1 N–H and O–H groups in total. The predicted octanol–water partition coefficient (Wildman–Crippen LogP) is 0.472. The van der Waals surface area contributed by atoms with Crippen LogP contribution in [0.25, 0.3) is 0 Å². The average Bonchev–Trinajstić information content (AvgIpc) is 2.94. The zero-order valence-electron chi connectivity index (χ0n) is 8.02. The van der Waals surface area contributed by atoms with Gasteiger partial charge < -0.3 is 4.74 Å². The summed E-state index contributed by atoms with van der Waals surface area (Å²) in [6.07, 6.45) is 1.30. The standard InChI is InChI=1S/C8H13N3O2S/c1-2-3-11-7(12)9-10-8(11)14-5-6-4-13-6/h6H,2-5H2,1H3,(H,9,12). The molecule has 0 aliphatic carbocycles. The number of rotatable bonds is 5. The molecule has 0 radical (unpaired) electrons. The van der Waals surface area contributed by atoms with E-state index in [2.05, 4.69) is 10.2 Å². The minimum Gasteiger partial charge on any atom is -0.372 e. The summed E-state index contributed by atoms with van der Waals surface area (Å²) in [7, 11) is 0. The second-order valence-corrected chi connectivity index (χ2v) is 4.22. The summed E-state index contributed by atoms with van der Waals surface area (Å²) in [4.78, 5) is 11.3. The van der Waals surface area contributed by atoms with E-state index in [1.54, 1.807) is 16.3 Å². The van der Waals surface area contributed by atoms with E-state index in [1.165, 1.54) is 0 Å². The van der Waals surface area contributed by atoms with Gasteiger partial charge in [0.15, 0.2) is 5.16 Å². The number of nitrogens with zero attached hydrogens (tertiary/aromatic N) is 2. The molecule has 0 saturated carbocycles. The second-order valence-electron chi connectivity index (χ2n) is 3.23. The van der Waals surface area contributed by atoms with E-state index >= 15 is 0 Å². The highest BCUT2D eigenvalue weighted by molar-refractivity contribution is 7.99. The van der Waals surface area contributed by atoms with Gasteiger partial charge in [0, 0.05) is 12.3 Å². The van der Waals surface area contributed by atoms with Crippen LogP contribution in [-0.4, -0.2) is 33.2 Å². The van der Waals surface area contributed by atoms with Crippen molar-refractivity contribution in [2.45, 2.75) is 31.1 Å². The SMILES string of the molecule is CCCn1c(SCC2CO2)n[nH]c1=O. The first kappa shape index (κ1) is 9.79. The highest BCUT2D eigenvalue weighted by atomic mass is 32.2. The van der Waals surface area contributed by atoms with E-state index in [9.17, 15) is 4.79 Å². The Bertz CT molecular complexity index is 356. The third kappa shape index (κ3) is 2.19. The molecule has 0 bridgehead atoms. The van der Waals surface area contributed by atoms with Crippen molar-refractivity contribution < 1.29 is 4.74 Å². The monoisotopic (exact) mass is 215 g/mol. The Kier molecular flexibility index (Phi) is 2.93. The van der Waals surface area contributed by atoms with Crippen LogP contribution in [0.15, 0.2) is 9.95 Å². The maximum absolute atomic E-state index is 11.3. The number of hydrogen-bond acceptors (Lipinski definition) is 4. The minimum atomic E-state index is -0.119. The zero-order valence-corrected chi connectivity index (χ0v) is 8.84. The van der Waals surface area contributed by atoms with Crippen molar-refractivity contribution in [2.75, 3.05) is 12.4 Å². The van der Waals surface area contributed by atoms with E-state index in [4.69, 9.17) is 4.74 Å². The molecule has 1 aliphatic rings. The number of ether oxygens (including phenoxy) is 1. The highest BCUT2D eigenvalue weighted by Gasteiger charge is 2.23. The summed E-state index contributed by atoms with van der Waals surface area (Å²) in [6, 6.07) is 0. The van der Waals surface area contributed by atoms with Gasteiger partial charge in [0.25, 0.3) is 0 Å². The van der Waals surface area contributed by atoms with Crippen LogP contribution < -0.4 is 5.69 Å². The number of aromatic nitrogens is 3. The third-order valence-electron chi connectivity index (χ3n) is 1.97. The van der Waals surface area contributed by atoms with Crippen molar-refractivity contribution in [3.63, 3.8) is 0 Å². The van der Waals surface area contributed by atoms with Gasteiger partial charge in [-0.1, -0.05) is 18.7 Å². The number of H-pyrrole nitrogens is 1. The van der Waals surface area contributed by atoms with Crippen LogP contribution in [0.5, 0.6) is 0 Å². The molecular formula is C8H13N3O2S. The lowest BCUT2D eigenvalue weighted by Gasteiger charge is -2.01. The van der Waals surface area contributed by atoms with E-state index in [1.807, 2.05) is 6.92 Å². The predicted molar refractivity (Wildman–Crippen MR) is 53.6 cm³/mol. The summed E-state index contributed by atoms with van der Waals surface area (Å²) in [6.45, 7) is 3.61. The Balaban J connectivity index is 2.02. The van der Waals surface area contributed by atoms with E-state index in [-0.39, 0.29) is 5.69 Å². The van der Waals surface area contributed by atoms with Gasteiger partial charge in [0.05, 0.1) is 12.7 Å². The molecule has 0 aromatic carbocycles. The van der Waals surface area contributed by atoms with Crippen molar-refractivity contribution in [1.82, 2.24) is 14.8 Å². The maximum Gasteiger partial charge on any atom is 0.343 e. The van der Waals surface area contributed by atoms with Crippen LogP contribution in [-0.2, 0) is 11.3 Å². The first-order valence-electron chi connectivity index (χ1n) is 4.71. The molecule has 5 nitrogen and oxygen atoms in total. The normalized spacial score (nSPS) is 19.9. The molecule has 14 heavy (non-hydrogen) atoms. The molecule has 1 aromatic heterocycles. The molecule has 1 aliphatic heterocycles. The van der Waals surface area contributed by atoms with Gasteiger partial charge in [-0.3, -0.25) is 4.57 Å².